The second-order valence-corrected chi connectivity index (χ2v) is 8.51. The smallest absolute Gasteiger partial charge is 0.278 e. The van der Waals surface area contributed by atoms with Gasteiger partial charge in [-0.05, 0) is 61.2 Å². The number of carbonyl (C=O) groups excluding carboxylic acids is 2. The van der Waals surface area contributed by atoms with Crippen LogP contribution in [0, 0.1) is 13.8 Å². The molecule has 0 aromatic heterocycles. The summed E-state index contributed by atoms with van der Waals surface area (Å²) in [5, 5.41) is 0.660. The number of amides is 2. The van der Waals surface area contributed by atoms with E-state index in [4.69, 9.17) is 11.6 Å². The van der Waals surface area contributed by atoms with Crippen molar-refractivity contribution in [2.24, 2.45) is 0 Å². The van der Waals surface area contributed by atoms with Gasteiger partial charge in [0.15, 0.2) is 0 Å². The first-order chi connectivity index (χ1) is 15.4. The Morgan fingerprint density at radius 1 is 0.875 bits per heavy atom. The van der Waals surface area contributed by atoms with E-state index >= 15 is 0 Å². The van der Waals surface area contributed by atoms with Crippen LogP contribution >= 0.6 is 11.6 Å². The van der Waals surface area contributed by atoms with E-state index in [0.29, 0.717) is 29.3 Å². The zero-order chi connectivity index (χ0) is 22.8. The molecule has 1 heterocycles. The highest BCUT2D eigenvalue weighted by molar-refractivity contribution is 6.37. The van der Waals surface area contributed by atoms with Crippen LogP contribution in [0.1, 0.15) is 22.3 Å². The second kappa shape index (κ2) is 9.01. The Bertz CT molecular complexity index is 1200. The highest BCUT2D eigenvalue weighted by Crippen LogP contribution is 2.35. The van der Waals surface area contributed by atoms with Crippen LogP contribution in [0.4, 0.5) is 5.69 Å². The van der Waals surface area contributed by atoms with Crippen molar-refractivity contribution in [1.82, 2.24) is 4.90 Å². The lowest BCUT2D eigenvalue weighted by atomic mass is 9.97. The molecule has 0 atom stereocenters. The number of likely N-dealkylation sites (N-methyl/N-ethyl adjacent to an activating group) is 1. The molecular weight excluding hydrogens is 420 g/mol. The lowest BCUT2D eigenvalue weighted by Crippen LogP contribution is -2.35. The van der Waals surface area contributed by atoms with Crippen molar-refractivity contribution in [3.8, 4) is 0 Å². The van der Waals surface area contributed by atoms with Gasteiger partial charge in [-0.1, -0.05) is 65.7 Å². The lowest BCUT2D eigenvalue weighted by molar-refractivity contribution is -0.136. The van der Waals surface area contributed by atoms with E-state index < -0.39 is 0 Å². The van der Waals surface area contributed by atoms with Gasteiger partial charge in [0.25, 0.3) is 11.8 Å². The van der Waals surface area contributed by atoms with Gasteiger partial charge in [0.1, 0.15) is 5.70 Å². The third-order valence-electron chi connectivity index (χ3n) is 5.81. The molecule has 0 bridgehead atoms. The molecule has 0 saturated carbocycles. The molecule has 3 aromatic rings. The molecule has 2 amide bonds. The van der Waals surface area contributed by atoms with E-state index in [0.717, 1.165) is 27.9 Å². The summed E-state index contributed by atoms with van der Waals surface area (Å²) in [6.07, 6.45) is 0.567. The molecule has 32 heavy (non-hydrogen) atoms. The molecule has 4 nitrogen and oxygen atoms in total. The zero-order valence-electron chi connectivity index (χ0n) is 18.4. The fraction of sp³-hybridized carbons (Fsp3) is 0.185. The van der Waals surface area contributed by atoms with E-state index in [1.165, 1.54) is 4.90 Å². The first-order valence-corrected chi connectivity index (χ1v) is 11.0. The topological polar surface area (TPSA) is 40.6 Å². The number of hydrogen-bond donors (Lipinski definition) is 0. The first-order valence-electron chi connectivity index (χ1n) is 10.6. The Morgan fingerprint density at radius 3 is 2.22 bits per heavy atom. The predicted octanol–water partition coefficient (Wildman–Crippen LogP) is 5.42. The minimum absolute atomic E-state index is 0.256. The van der Waals surface area contributed by atoms with Gasteiger partial charge in [-0.25, -0.2) is 0 Å². The van der Waals surface area contributed by atoms with E-state index in [9.17, 15) is 9.59 Å². The van der Waals surface area contributed by atoms with E-state index in [1.54, 1.807) is 0 Å². The van der Waals surface area contributed by atoms with Gasteiger partial charge < -0.3 is 4.90 Å². The number of rotatable bonds is 6. The maximum atomic E-state index is 13.6. The third kappa shape index (κ3) is 4.19. The van der Waals surface area contributed by atoms with Crippen LogP contribution in [-0.2, 0) is 16.0 Å². The molecule has 1 aliphatic heterocycles. The highest BCUT2D eigenvalue weighted by Gasteiger charge is 2.41. The largest absolute Gasteiger partial charge is 0.339 e. The van der Waals surface area contributed by atoms with Crippen molar-refractivity contribution in [2.75, 3.05) is 18.5 Å². The fourth-order valence-corrected chi connectivity index (χ4v) is 4.21. The number of aryl methyl sites for hydroxylation is 2. The fourth-order valence-electron chi connectivity index (χ4n) is 4.09. The molecular formula is C27H25ClN2O2. The maximum Gasteiger partial charge on any atom is 0.278 e. The van der Waals surface area contributed by atoms with E-state index in [2.05, 4.69) is 0 Å². The van der Waals surface area contributed by atoms with Crippen LogP contribution in [0.5, 0.6) is 0 Å². The third-order valence-corrected chi connectivity index (χ3v) is 6.06. The second-order valence-electron chi connectivity index (χ2n) is 8.07. The highest BCUT2D eigenvalue weighted by atomic mass is 35.5. The summed E-state index contributed by atoms with van der Waals surface area (Å²) in [5.74, 6) is -0.529. The number of imide groups is 1. The summed E-state index contributed by atoms with van der Waals surface area (Å²) in [7, 11) is 1.84. The lowest BCUT2D eigenvalue weighted by Gasteiger charge is -2.21. The Hall–Kier alpha value is -3.37. The number of nitrogens with zero attached hydrogens (tertiary/aromatic N) is 2. The maximum absolute atomic E-state index is 13.6. The van der Waals surface area contributed by atoms with Crippen LogP contribution < -0.4 is 4.90 Å². The predicted molar refractivity (Wildman–Crippen MR) is 130 cm³/mol. The van der Waals surface area contributed by atoms with Gasteiger partial charge in [-0.15, -0.1) is 0 Å². The van der Waals surface area contributed by atoms with Crippen molar-refractivity contribution in [1.29, 1.82) is 0 Å². The molecule has 0 saturated heterocycles. The van der Waals surface area contributed by atoms with Crippen molar-refractivity contribution in [3.05, 3.63) is 106 Å². The van der Waals surface area contributed by atoms with Gasteiger partial charge >= 0.3 is 0 Å². The summed E-state index contributed by atoms with van der Waals surface area (Å²) in [6.45, 7) is 4.30. The molecule has 162 valence electrons. The molecule has 0 fully saturated rings. The number of carbonyl (C=O) groups is 2. The Morgan fingerprint density at radius 2 is 1.56 bits per heavy atom. The average molecular weight is 445 g/mol. The molecule has 1 aliphatic rings. The van der Waals surface area contributed by atoms with Crippen LogP contribution in [0.25, 0.3) is 5.57 Å². The summed E-state index contributed by atoms with van der Waals surface area (Å²) in [4.78, 5) is 30.3. The normalized spacial score (nSPS) is 13.8. The molecule has 0 radical (unpaired) electrons. The summed E-state index contributed by atoms with van der Waals surface area (Å²) in [6, 6.07) is 23.1. The minimum atomic E-state index is -0.273. The Kier molecular flexibility index (Phi) is 6.15. The van der Waals surface area contributed by atoms with Crippen LogP contribution in [0.15, 0.2) is 78.5 Å². The first kappa shape index (κ1) is 21.8. The quantitative estimate of drug-likeness (QED) is 0.477. The number of halogens is 1. The summed E-state index contributed by atoms with van der Waals surface area (Å²) in [5.41, 5.74) is 5.61. The van der Waals surface area contributed by atoms with Crippen LogP contribution in [0.2, 0.25) is 5.02 Å². The molecule has 0 spiro atoms. The van der Waals surface area contributed by atoms with E-state index in [1.807, 2.05) is 98.6 Å². The van der Waals surface area contributed by atoms with E-state index in [-0.39, 0.29) is 11.8 Å². The van der Waals surface area contributed by atoms with Gasteiger partial charge in [-0.3, -0.25) is 14.5 Å². The summed E-state index contributed by atoms with van der Waals surface area (Å²) < 4.78 is 0. The van der Waals surface area contributed by atoms with Crippen molar-refractivity contribution < 1.29 is 9.59 Å². The van der Waals surface area contributed by atoms with Gasteiger partial charge in [-0.2, -0.15) is 0 Å². The number of hydrogen-bond acceptors (Lipinski definition) is 3. The van der Waals surface area contributed by atoms with Crippen molar-refractivity contribution >= 4 is 34.7 Å². The number of para-hydroxylation sites is 1. The van der Waals surface area contributed by atoms with Crippen LogP contribution in [0.3, 0.4) is 0 Å². The Balaban J connectivity index is 1.73. The monoisotopic (exact) mass is 444 g/mol. The zero-order valence-corrected chi connectivity index (χ0v) is 19.2. The van der Waals surface area contributed by atoms with Crippen LogP contribution in [-0.4, -0.2) is 30.3 Å². The molecule has 3 aromatic carbocycles. The van der Waals surface area contributed by atoms with Gasteiger partial charge in [0.2, 0.25) is 0 Å². The van der Waals surface area contributed by atoms with Crippen molar-refractivity contribution in [2.45, 2.75) is 20.3 Å². The van der Waals surface area contributed by atoms with Gasteiger partial charge in [0, 0.05) is 24.3 Å². The summed E-state index contributed by atoms with van der Waals surface area (Å²) >= 11 is 5.98. The SMILES string of the molecule is Cc1ccc(C2=C(N(C)c3ccccc3)C(=O)N(CCc3ccc(Cl)cc3)C2=O)c(C)c1. The number of anilines is 1. The Labute approximate surface area is 193 Å². The standard InChI is InChI=1S/C27H25ClN2O2/c1-18-9-14-23(19(2)17-18)24-25(29(3)22-7-5-4-6-8-22)27(32)30(26(24)31)16-15-20-10-12-21(28)13-11-20/h4-14,17H,15-16H2,1-3H3. The molecule has 4 rings (SSSR count). The molecule has 5 heteroatoms. The molecule has 0 N–H and O–H groups in total. The molecule has 0 unspecified atom stereocenters. The number of benzene rings is 3. The van der Waals surface area contributed by atoms with Gasteiger partial charge in [0.05, 0.1) is 5.57 Å². The molecule has 0 aliphatic carbocycles. The van der Waals surface area contributed by atoms with Crippen molar-refractivity contribution in [3.63, 3.8) is 0 Å². The minimum Gasteiger partial charge on any atom is -0.339 e. The average Bonchev–Trinajstić information content (AvgIpc) is 3.03.